The number of anilines is 1. The van der Waals surface area contributed by atoms with Gasteiger partial charge in [-0.3, -0.25) is 14.3 Å². The van der Waals surface area contributed by atoms with E-state index in [2.05, 4.69) is 15.7 Å². The average Bonchev–Trinajstić information content (AvgIpc) is 2.98. The molecule has 1 aromatic heterocycles. The van der Waals surface area contributed by atoms with E-state index in [-0.39, 0.29) is 6.04 Å². The van der Waals surface area contributed by atoms with Gasteiger partial charge in [0.1, 0.15) is 0 Å². The van der Waals surface area contributed by atoms with Gasteiger partial charge in [0.05, 0.1) is 12.2 Å². The van der Waals surface area contributed by atoms with Gasteiger partial charge in [-0.15, -0.1) is 11.8 Å². The molecular formula is C17H20N4O2S. The lowest BCUT2D eigenvalue weighted by Gasteiger charge is -2.23. The van der Waals surface area contributed by atoms with Gasteiger partial charge in [-0.1, -0.05) is 0 Å². The molecule has 1 atom stereocenters. The van der Waals surface area contributed by atoms with E-state index in [0.29, 0.717) is 5.69 Å². The normalized spacial score (nSPS) is 16.3. The summed E-state index contributed by atoms with van der Waals surface area (Å²) >= 11 is 1.62. The van der Waals surface area contributed by atoms with Crippen molar-refractivity contribution in [3.63, 3.8) is 0 Å². The molecule has 0 bridgehead atoms. The quantitative estimate of drug-likeness (QED) is 0.662. The van der Waals surface area contributed by atoms with E-state index in [0.717, 1.165) is 35.4 Å². The Hall–Kier alpha value is -2.28. The maximum atomic E-state index is 12.2. The highest BCUT2D eigenvalue weighted by Gasteiger charge is 2.26. The molecule has 0 saturated carbocycles. The van der Waals surface area contributed by atoms with Crippen LogP contribution in [0.4, 0.5) is 5.69 Å². The first-order valence-electron chi connectivity index (χ1n) is 7.85. The standard InChI is InChI=1S/C17H20N4O2S/c1-21-15-5-3-4-14(13(15)10-18-21)20-17(23)16(22)19-11-6-8-12(24-2)9-7-11/h6-10,14H,3-5H2,1-2H3,(H,19,22)(H,20,23)/t14-/m0/s1. The molecule has 1 aromatic carbocycles. The fraction of sp³-hybridized carbons (Fsp3) is 0.353. The van der Waals surface area contributed by atoms with Crippen LogP contribution in [0.25, 0.3) is 0 Å². The van der Waals surface area contributed by atoms with Crippen LogP contribution in [0, 0.1) is 0 Å². The number of carbonyl (C=O) groups is 2. The highest BCUT2D eigenvalue weighted by atomic mass is 32.2. The Labute approximate surface area is 145 Å². The lowest BCUT2D eigenvalue weighted by atomic mass is 9.93. The zero-order valence-electron chi connectivity index (χ0n) is 13.7. The maximum absolute atomic E-state index is 12.2. The first kappa shape index (κ1) is 16.6. The van der Waals surface area contributed by atoms with Gasteiger partial charge in [-0.05, 0) is 49.8 Å². The van der Waals surface area contributed by atoms with E-state index in [1.165, 1.54) is 0 Å². The summed E-state index contributed by atoms with van der Waals surface area (Å²) in [6.45, 7) is 0. The predicted molar refractivity (Wildman–Crippen MR) is 93.9 cm³/mol. The second kappa shape index (κ2) is 7.09. The van der Waals surface area contributed by atoms with Crippen molar-refractivity contribution < 1.29 is 9.59 Å². The van der Waals surface area contributed by atoms with Crippen LogP contribution < -0.4 is 10.6 Å². The molecule has 0 unspecified atom stereocenters. The number of rotatable bonds is 3. The van der Waals surface area contributed by atoms with E-state index in [9.17, 15) is 9.59 Å². The number of hydrogen-bond donors (Lipinski definition) is 2. The molecule has 0 spiro atoms. The SMILES string of the molecule is CSc1ccc(NC(=O)C(=O)N[C@H]2CCCc3c2cnn3C)cc1. The minimum Gasteiger partial charge on any atom is -0.341 e. The third kappa shape index (κ3) is 3.46. The van der Waals surface area contributed by atoms with Gasteiger partial charge in [0.2, 0.25) is 0 Å². The summed E-state index contributed by atoms with van der Waals surface area (Å²) in [4.78, 5) is 25.4. The molecule has 3 rings (SSSR count). The molecule has 1 heterocycles. The van der Waals surface area contributed by atoms with Crippen LogP contribution in [-0.4, -0.2) is 27.9 Å². The Morgan fingerprint density at radius 2 is 2.00 bits per heavy atom. The number of nitrogens with zero attached hydrogens (tertiary/aromatic N) is 2. The molecule has 7 heteroatoms. The molecule has 1 aliphatic rings. The van der Waals surface area contributed by atoms with Crippen molar-refractivity contribution in [2.75, 3.05) is 11.6 Å². The molecule has 0 radical (unpaired) electrons. The zero-order chi connectivity index (χ0) is 17.1. The second-order valence-corrected chi connectivity index (χ2v) is 6.65. The van der Waals surface area contributed by atoms with Gasteiger partial charge >= 0.3 is 11.8 Å². The Morgan fingerprint density at radius 3 is 2.71 bits per heavy atom. The second-order valence-electron chi connectivity index (χ2n) is 5.77. The Balaban J connectivity index is 1.63. The average molecular weight is 344 g/mol. The number of benzene rings is 1. The molecule has 24 heavy (non-hydrogen) atoms. The van der Waals surface area contributed by atoms with Gasteiger partial charge in [0, 0.05) is 28.9 Å². The fourth-order valence-electron chi connectivity index (χ4n) is 2.94. The molecule has 1 aliphatic carbocycles. The Kier molecular flexibility index (Phi) is 4.89. The van der Waals surface area contributed by atoms with Gasteiger partial charge in [0.15, 0.2) is 0 Å². The molecule has 0 fully saturated rings. The Bertz CT molecular complexity index is 754. The first-order valence-corrected chi connectivity index (χ1v) is 9.07. The van der Waals surface area contributed by atoms with Crippen LogP contribution in [0.15, 0.2) is 35.4 Å². The van der Waals surface area contributed by atoms with Crippen molar-refractivity contribution in [1.29, 1.82) is 0 Å². The lowest BCUT2D eigenvalue weighted by Crippen LogP contribution is -2.38. The van der Waals surface area contributed by atoms with Gasteiger partial charge in [-0.25, -0.2) is 0 Å². The van der Waals surface area contributed by atoms with Crippen molar-refractivity contribution in [1.82, 2.24) is 15.1 Å². The number of carbonyl (C=O) groups excluding carboxylic acids is 2. The number of aryl methyl sites for hydroxylation is 1. The number of hydrogen-bond acceptors (Lipinski definition) is 4. The molecule has 2 aromatic rings. The van der Waals surface area contributed by atoms with Crippen LogP contribution in [-0.2, 0) is 23.1 Å². The van der Waals surface area contributed by atoms with Crippen molar-refractivity contribution in [3.8, 4) is 0 Å². The molecular weight excluding hydrogens is 324 g/mol. The third-order valence-electron chi connectivity index (χ3n) is 4.24. The van der Waals surface area contributed by atoms with Crippen LogP contribution >= 0.6 is 11.8 Å². The Morgan fingerprint density at radius 1 is 1.25 bits per heavy atom. The number of aromatic nitrogens is 2. The number of nitrogens with one attached hydrogen (secondary N) is 2. The van der Waals surface area contributed by atoms with Crippen molar-refractivity contribution in [2.45, 2.75) is 30.2 Å². The minimum atomic E-state index is -0.650. The van der Waals surface area contributed by atoms with Crippen molar-refractivity contribution >= 4 is 29.3 Å². The summed E-state index contributed by atoms with van der Waals surface area (Å²) < 4.78 is 1.83. The summed E-state index contributed by atoms with van der Waals surface area (Å²) in [5.41, 5.74) is 2.74. The van der Waals surface area contributed by atoms with Crippen molar-refractivity contribution in [2.24, 2.45) is 7.05 Å². The molecule has 126 valence electrons. The van der Waals surface area contributed by atoms with Gasteiger partial charge in [-0.2, -0.15) is 5.10 Å². The topological polar surface area (TPSA) is 76.0 Å². The van der Waals surface area contributed by atoms with E-state index in [1.54, 1.807) is 30.1 Å². The summed E-state index contributed by atoms with van der Waals surface area (Å²) in [7, 11) is 1.90. The number of amides is 2. The van der Waals surface area contributed by atoms with Crippen LogP contribution in [0.3, 0.4) is 0 Å². The van der Waals surface area contributed by atoms with E-state index < -0.39 is 11.8 Å². The summed E-state index contributed by atoms with van der Waals surface area (Å²) in [5, 5.41) is 9.70. The zero-order valence-corrected chi connectivity index (χ0v) is 14.5. The number of fused-ring (bicyclic) bond motifs is 1. The molecule has 2 amide bonds. The number of thioether (sulfide) groups is 1. The summed E-state index contributed by atoms with van der Waals surface area (Å²) in [6.07, 6.45) is 6.50. The van der Waals surface area contributed by atoms with E-state index >= 15 is 0 Å². The summed E-state index contributed by atoms with van der Waals surface area (Å²) in [6, 6.07) is 7.23. The van der Waals surface area contributed by atoms with E-state index in [4.69, 9.17) is 0 Å². The minimum absolute atomic E-state index is 0.153. The molecule has 6 nitrogen and oxygen atoms in total. The maximum Gasteiger partial charge on any atom is 0.313 e. The van der Waals surface area contributed by atoms with E-state index in [1.807, 2.05) is 30.1 Å². The van der Waals surface area contributed by atoms with Crippen LogP contribution in [0.1, 0.15) is 30.1 Å². The van der Waals surface area contributed by atoms with Crippen LogP contribution in [0.5, 0.6) is 0 Å². The predicted octanol–water partition coefficient (Wildman–Crippen LogP) is 2.27. The molecule has 2 N–H and O–H groups in total. The monoisotopic (exact) mass is 344 g/mol. The van der Waals surface area contributed by atoms with Gasteiger partial charge in [0.25, 0.3) is 0 Å². The highest BCUT2D eigenvalue weighted by Crippen LogP contribution is 2.29. The highest BCUT2D eigenvalue weighted by molar-refractivity contribution is 7.98. The first-order chi connectivity index (χ1) is 11.6. The van der Waals surface area contributed by atoms with Crippen LogP contribution in [0.2, 0.25) is 0 Å². The summed E-state index contributed by atoms with van der Waals surface area (Å²) in [5.74, 6) is -1.27. The lowest BCUT2D eigenvalue weighted by molar-refractivity contribution is -0.136. The molecule has 0 saturated heterocycles. The third-order valence-corrected chi connectivity index (χ3v) is 4.98. The fourth-order valence-corrected chi connectivity index (χ4v) is 3.35. The van der Waals surface area contributed by atoms with Crippen molar-refractivity contribution in [3.05, 3.63) is 41.7 Å². The smallest absolute Gasteiger partial charge is 0.313 e. The largest absolute Gasteiger partial charge is 0.341 e. The van der Waals surface area contributed by atoms with Gasteiger partial charge < -0.3 is 10.6 Å². The molecule has 0 aliphatic heterocycles.